The number of hydrogen-bond donors (Lipinski definition) is 1. The van der Waals surface area contributed by atoms with E-state index in [0.29, 0.717) is 0 Å². The Kier molecular flexibility index (Phi) is 5.83. The SMILES string of the molecule is CC(NC(=O)COc1ccccc1C(C)(C)C)c1ccc(-n2ccnc2)cc1. The molecule has 3 rings (SSSR count). The zero-order chi connectivity index (χ0) is 20.1. The molecule has 0 aliphatic rings. The molecule has 0 saturated heterocycles. The predicted molar refractivity (Wildman–Crippen MR) is 111 cm³/mol. The van der Waals surface area contributed by atoms with Gasteiger partial charge in [-0.15, -0.1) is 0 Å². The number of amides is 1. The fourth-order valence-electron chi connectivity index (χ4n) is 3.07. The van der Waals surface area contributed by atoms with E-state index in [1.165, 1.54) is 0 Å². The zero-order valence-electron chi connectivity index (χ0n) is 16.8. The standard InChI is InChI=1S/C23H27N3O2/c1-17(18-9-11-19(12-10-18)26-14-13-24-16-26)25-22(27)15-28-21-8-6-5-7-20(21)23(2,3)4/h5-14,16-17H,15H2,1-4H3,(H,25,27). The summed E-state index contributed by atoms with van der Waals surface area (Å²) in [6.45, 7) is 8.35. The van der Waals surface area contributed by atoms with Crippen LogP contribution in [0, 0.1) is 0 Å². The van der Waals surface area contributed by atoms with Gasteiger partial charge in [0.1, 0.15) is 5.75 Å². The van der Waals surface area contributed by atoms with Gasteiger partial charge >= 0.3 is 0 Å². The molecule has 0 aliphatic heterocycles. The minimum Gasteiger partial charge on any atom is -0.483 e. The average Bonchev–Trinajstić information content (AvgIpc) is 3.21. The van der Waals surface area contributed by atoms with Gasteiger partial charge in [-0.1, -0.05) is 51.1 Å². The fraction of sp³-hybridized carbons (Fsp3) is 0.304. The Labute approximate surface area is 166 Å². The van der Waals surface area contributed by atoms with Gasteiger partial charge in [0, 0.05) is 18.1 Å². The molecule has 1 unspecified atom stereocenters. The van der Waals surface area contributed by atoms with Gasteiger partial charge in [0.25, 0.3) is 5.91 Å². The minimum atomic E-state index is -0.144. The van der Waals surface area contributed by atoms with Crippen LogP contribution in [0.2, 0.25) is 0 Å². The molecule has 2 aromatic carbocycles. The molecule has 5 nitrogen and oxygen atoms in total. The molecule has 0 fully saturated rings. The highest BCUT2D eigenvalue weighted by Crippen LogP contribution is 2.30. The number of nitrogens with one attached hydrogen (secondary N) is 1. The highest BCUT2D eigenvalue weighted by molar-refractivity contribution is 5.78. The Morgan fingerprint density at radius 1 is 1.14 bits per heavy atom. The second-order valence-electron chi connectivity index (χ2n) is 7.89. The Morgan fingerprint density at radius 3 is 2.50 bits per heavy atom. The zero-order valence-corrected chi connectivity index (χ0v) is 16.8. The van der Waals surface area contributed by atoms with Gasteiger partial charge in [-0.25, -0.2) is 4.98 Å². The molecule has 28 heavy (non-hydrogen) atoms. The van der Waals surface area contributed by atoms with Crippen LogP contribution >= 0.6 is 0 Å². The second kappa shape index (κ2) is 8.30. The highest BCUT2D eigenvalue weighted by Gasteiger charge is 2.19. The van der Waals surface area contributed by atoms with Crippen LogP contribution < -0.4 is 10.1 Å². The number of hydrogen-bond acceptors (Lipinski definition) is 3. The normalized spacial score (nSPS) is 12.4. The molecule has 1 heterocycles. The lowest BCUT2D eigenvalue weighted by Crippen LogP contribution is -2.31. The Balaban J connectivity index is 1.58. The molecule has 146 valence electrons. The lowest BCUT2D eigenvalue weighted by atomic mass is 9.86. The first-order chi connectivity index (χ1) is 13.3. The third-order valence-corrected chi connectivity index (χ3v) is 4.63. The Morgan fingerprint density at radius 2 is 1.86 bits per heavy atom. The smallest absolute Gasteiger partial charge is 0.258 e. The summed E-state index contributed by atoms with van der Waals surface area (Å²) in [6, 6.07) is 15.8. The monoisotopic (exact) mass is 377 g/mol. The molecule has 0 aliphatic carbocycles. The average molecular weight is 377 g/mol. The molecule has 0 spiro atoms. The molecule has 5 heteroatoms. The lowest BCUT2D eigenvalue weighted by molar-refractivity contribution is -0.123. The highest BCUT2D eigenvalue weighted by atomic mass is 16.5. The van der Waals surface area contributed by atoms with E-state index >= 15 is 0 Å². The first-order valence-corrected chi connectivity index (χ1v) is 9.44. The third kappa shape index (κ3) is 4.80. The van der Waals surface area contributed by atoms with Gasteiger partial charge in [0.05, 0.1) is 12.4 Å². The van der Waals surface area contributed by atoms with E-state index < -0.39 is 0 Å². The van der Waals surface area contributed by atoms with Gasteiger partial charge in [-0.05, 0) is 41.7 Å². The molecule has 0 saturated carbocycles. The predicted octanol–water partition coefficient (Wildman–Crippen LogP) is 4.43. The maximum absolute atomic E-state index is 12.4. The lowest BCUT2D eigenvalue weighted by Gasteiger charge is -2.23. The van der Waals surface area contributed by atoms with Crippen molar-refractivity contribution >= 4 is 5.91 Å². The van der Waals surface area contributed by atoms with Crippen LogP contribution in [0.3, 0.4) is 0 Å². The van der Waals surface area contributed by atoms with E-state index in [9.17, 15) is 4.79 Å². The van der Waals surface area contributed by atoms with E-state index in [0.717, 1.165) is 22.6 Å². The Hall–Kier alpha value is -3.08. The first-order valence-electron chi connectivity index (χ1n) is 9.44. The second-order valence-corrected chi connectivity index (χ2v) is 7.89. The summed E-state index contributed by atoms with van der Waals surface area (Å²) in [5.74, 6) is 0.609. The number of rotatable bonds is 6. The molecular weight excluding hydrogens is 350 g/mol. The summed E-state index contributed by atoms with van der Waals surface area (Å²) < 4.78 is 7.75. The third-order valence-electron chi connectivity index (χ3n) is 4.63. The molecular formula is C23H27N3O2. The number of benzene rings is 2. The van der Waals surface area contributed by atoms with Crippen molar-refractivity contribution in [2.45, 2.75) is 39.2 Å². The topological polar surface area (TPSA) is 56.1 Å². The van der Waals surface area contributed by atoms with Crippen LogP contribution in [0.25, 0.3) is 5.69 Å². The number of para-hydroxylation sites is 1. The number of carbonyl (C=O) groups is 1. The number of carbonyl (C=O) groups excluding carboxylic acids is 1. The van der Waals surface area contributed by atoms with Crippen molar-refractivity contribution < 1.29 is 9.53 Å². The van der Waals surface area contributed by atoms with Crippen LogP contribution in [0.15, 0.2) is 67.3 Å². The van der Waals surface area contributed by atoms with E-state index in [4.69, 9.17) is 4.74 Å². The summed E-state index contributed by atoms with van der Waals surface area (Å²) >= 11 is 0. The van der Waals surface area contributed by atoms with E-state index in [1.54, 1.807) is 12.5 Å². The van der Waals surface area contributed by atoms with E-state index in [1.807, 2.05) is 66.2 Å². The van der Waals surface area contributed by atoms with Crippen molar-refractivity contribution in [3.63, 3.8) is 0 Å². The maximum Gasteiger partial charge on any atom is 0.258 e. The molecule has 0 radical (unpaired) electrons. The Bertz CT molecular complexity index is 910. The van der Waals surface area contributed by atoms with Gasteiger partial charge in [0.15, 0.2) is 6.61 Å². The van der Waals surface area contributed by atoms with Gasteiger partial charge in [-0.2, -0.15) is 0 Å². The largest absolute Gasteiger partial charge is 0.483 e. The summed E-state index contributed by atoms with van der Waals surface area (Å²) in [7, 11) is 0. The van der Waals surface area contributed by atoms with Crippen LogP contribution in [0.5, 0.6) is 5.75 Å². The molecule has 1 atom stereocenters. The molecule has 1 amide bonds. The summed E-state index contributed by atoms with van der Waals surface area (Å²) in [6.07, 6.45) is 5.40. The van der Waals surface area contributed by atoms with Crippen molar-refractivity contribution in [3.8, 4) is 11.4 Å². The summed E-state index contributed by atoms with van der Waals surface area (Å²) in [5, 5.41) is 3.00. The quantitative estimate of drug-likeness (QED) is 0.691. The number of nitrogens with zero attached hydrogens (tertiary/aromatic N) is 2. The van der Waals surface area contributed by atoms with Crippen molar-refractivity contribution in [2.24, 2.45) is 0 Å². The number of ether oxygens (including phenoxy) is 1. The van der Waals surface area contributed by atoms with Gasteiger partial charge < -0.3 is 14.6 Å². The summed E-state index contributed by atoms with van der Waals surface area (Å²) in [4.78, 5) is 16.4. The molecule has 0 bridgehead atoms. The fourth-order valence-corrected chi connectivity index (χ4v) is 3.07. The van der Waals surface area contributed by atoms with Gasteiger partial charge in [-0.3, -0.25) is 4.79 Å². The first kappa shape index (κ1) is 19.7. The summed E-state index contributed by atoms with van der Waals surface area (Å²) in [5.41, 5.74) is 3.11. The van der Waals surface area contributed by atoms with Crippen LogP contribution in [0.4, 0.5) is 0 Å². The van der Waals surface area contributed by atoms with Gasteiger partial charge in [0.2, 0.25) is 0 Å². The van der Waals surface area contributed by atoms with Crippen molar-refractivity contribution in [1.82, 2.24) is 14.9 Å². The van der Waals surface area contributed by atoms with Crippen LogP contribution in [0.1, 0.15) is 44.9 Å². The van der Waals surface area contributed by atoms with Crippen molar-refractivity contribution in [1.29, 1.82) is 0 Å². The van der Waals surface area contributed by atoms with E-state index in [-0.39, 0.29) is 24.0 Å². The number of imidazole rings is 1. The van der Waals surface area contributed by atoms with E-state index in [2.05, 4.69) is 31.1 Å². The molecule has 1 N–H and O–H groups in total. The minimum absolute atomic E-state index is 0.00937. The number of aromatic nitrogens is 2. The maximum atomic E-state index is 12.4. The molecule has 3 aromatic rings. The van der Waals surface area contributed by atoms with Crippen LogP contribution in [-0.4, -0.2) is 22.1 Å². The van der Waals surface area contributed by atoms with Crippen molar-refractivity contribution in [3.05, 3.63) is 78.4 Å². The van der Waals surface area contributed by atoms with Crippen LogP contribution in [-0.2, 0) is 10.2 Å². The molecule has 1 aromatic heterocycles. The van der Waals surface area contributed by atoms with Crippen molar-refractivity contribution in [2.75, 3.05) is 6.61 Å².